The lowest BCUT2D eigenvalue weighted by atomic mass is 10.1. The van der Waals surface area contributed by atoms with Gasteiger partial charge >= 0.3 is 0 Å². The maximum atomic E-state index is 12.5. The van der Waals surface area contributed by atoms with Crippen molar-refractivity contribution in [2.24, 2.45) is 0 Å². The van der Waals surface area contributed by atoms with Crippen LogP contribution in [0.3, 0.4) is 0 Å². The van der Waals surface area contributed by atoms with Crippen LogP contribution in [0.5, 0.6) is 11.5 Å². The molecule has 2 aromatic rings. The maximum absolute atomic E-state index is 12.5. The highest BCUT2D eigenvalue weighted by Gasteiger charge is 2.24. The first kappa shape index (κ1) is 19.7. The lowest BCUT2D eigenvalue weighted by Crippen LogP contribution is -2.51. The van der Waals surface area contributed by atoms with Gasteiger partial charge < -0.3 is 19.6 Å². The predicted octanol–water partition coefficient (Wildman–Crippen LogP) is 2.25. The smallest absolute Gasteiger partial charge is 0.227 e. The highest BCUT2D eigenvalue weighted by Crippen LogP contribution is 2.18. The molecule has 0 saturated carbocycles. The Morgan fingerprint density at radius 3 is 2.32 bits per heavy atom. The first-order valence-electron chi connectivity index (χ1n) is 9.52. The van der Waals surface area contributed by atoms with Gasteiger partial charge in [0.05, 0.1) is 13.5 Å². The van der Waals surface area contributed by atoms with Gasteiger partial charge in [-0.25, -0.2) is 0 Å². The van der Waals surface area contributed by atoms with E-state index in [2.05, 4.69) is 0 Å². The maximum Gasteiger partial charge on any atom is 0.227 e. The number of rotatable bonds is 6. The molecule has 1 fully saturated rings. The second-order valence-corrected chi connectivity index (χ2v) is 6.92. The number of carbonyl (C=O) groups excluding carboxylic acids is 2. The minimum absolute atomic E-state index is 0.0585. The predicted molar refractivity (Wildman–Crippen MR) is 106 cm³/mol. The number of benzene rings is 2. The van der Waals surface area contributed by atoms with E-state index in [0.717, 1.165) is 16.9 Å². The van der Waals surface area contributed by atoms with Gasteiger partial charge in [0.25, 0.3) is 0 Å². The van der Waals surface area contributed by atoms with E-state index < -0.39 is 0 Å². The van der Waals surface area contributed by atoms with E-state index >= 15 is 0 Å². The minimum Gasteiger partial charge on any atom is -0.508 e. The SMILES string of the molecule is COc1cccc(CC(=O)N2CCN(C(=O)CCc3ccccc3O)CC2)c1. The third-order valence-electron chi connectivity index (χ3n) is 5.07. The zero-order valence-electron chi connectivity index (χ0n) is 16.1. The average molecular weight is 382 g/mol. The monoisotopic (exact) mass is 382 g/mol. The number of carbonyl (C=O) groups is 2. The lowest BCUT2D eigenvalue weighted by Gasteiger charge is -2.35. The molecule has 0 unspecified atom stereocenters. The minimum atomic E-state index is 0.0585. The molecule has 0 aromatic heterocycles. The summed E-state index contributed by atoms with van der Waals surface area (Å²) >= 11 is 0. The second kappa shape index (κ2) is 9.26. The largest absolute Gasteiger partial charge is 0.508 e. The van der Waals surface area contributed by atoms with E-state index in [9.17, 15) is 14.7 Å². The molecule has 2 aromatic carbocycles. The van der Waals surface area contributed by atoms with E-state index in [1.165, 1.54) is 0 Å². The van der Waals surface area contributed by atoms with Crippen molar-refractivity contribution in [2.75, 3.05) is 33.3 Å². The molecule has 6 heteroatoms. The number of phenols is 1. The summed E-state index contributed by atoms with van der Waals surface area (Å²) in [4.78, 5) is 28.6. The van der Waals surface area contributed by atoms with Crippen molar-refractivity contribution in [3.63, 3.8) is 0 Å². The molecule has 148 valence electrons. The van der Waals surface area contributed by atoms with Crippen LogP contribution in [-0.4, -0.2) is 60.0 Å². The summed E-state index contributed by atoms with van der Waals surface area (Å²) in [6.45, 7) is 2.18. The lowest BCUT2D eigenvalue weighted by molar-refractivity contribution is -0.139. The van der Waals surface area contributed by atoms with Crippen molar-refractivity contribution >= 4 is 11.8 Å². The van der Waals surface area contributed by atoms with Gasteiger partial charge in [0, 0.05) is 32.6 Å². The number of nitrogens with zero attached hydrogens (tertiary/aromatic N) is 2. The highest BCUT2D eigenvalue weighted by atomic mass is 16.5. The first-order valence-corrected chi connectivity index (χ1v) is 9.52. The van der Waals surface area contributed by atoms with Crippen molar-refractivity contribution < 1.29 is 19.4 Å². The third kappa shape index (κ3) is 5.03. The van der Waals surface area contributed by atoms with E-state index in [1.54, 1.807) is 24.1 Å². The molecule has 1 aliphatic heterocycles. The van der Waals surface area contributed by atoms with E-state index in [4.69, 9.17) is 4.74 Å². The molecule has 1 saturated heterocycles. The number of para-hydroxylation sites is 1. The van der Waals surface area contributed by atoms with Gasteiger partial charge in [-0.2, -0.15) is 0 Å². The van der Waals surface area contributed by atoms with Crippen LogP contribution in [0.15, 0.2) is 48.5 Å². The van der Waals surface area contributed by atoms with Crippen LogP contribution < -0.4 is 4.74 Å². The molecule has 6 nitrogen and oxygen atoms in total. The van der Waals surface area contributed by atoms with E-state index in [1.807, 2.05) is 41.3 Å². The number of aromatic hydroxyl groups is 1. The zero-order valence-corrected chi connectivity index (χ0v) is 16.1. The van der Waals surface area contributed by atoms with Gasteiger partial charge in [-0.05, 0) is 35.7 Å². The van der Waals surface area contributed by atoms with E-state index in [-0.39, 0.29) is 17.6 Å². The molecule has 3 rings (SSSR count). The van der Waals surface area contributed by atoms with Gasteiger partial charge in [0.1, 0.15) is 11.5 Å². The normalized spacial score (nSPS) is 14.0. The molecule has 1 heterocycles. The molecule has 0 bridgehead atoms. The van der Waals surface area contributed by atoms with Gasteiger partial charge in [-0.1, -0.05) is 30.3 Å². The second-order valence-electron chi connectivity index (χ2n) is 6.92. The van der Waals surface area contributed by atoms with Gasteiger partial charge in [-0.15, -0.1) is 0 Å². The van der Waals surface area contributed by atoms with Crippen LogP contribution >= 0.6 is 0 Å². The first-order chi connectivity index (χ1) is 13.6. The molecule has 2 amide bonds. The number of amides is 2. The van der Waals surface area contributed by atoms with Crippen LogP contribution in [0.2, 0.25) is 0 Å². The fourth-order valence-electron chi connectivity index (χ4n) is 3.40. The number of ether oxygens (including phenoxy) is 1. The van der Waals surface area contributed by atoms with Crippen molar-refractivity contribution in [1.82, 2.24) is 9.80 Å². The summed E-state index contributed by atoms with van der Waals surface area (Å²) in [6, 6.07) is 14.6. The van der Waals surface area contributed by atoms with Crippen molar-refractivity contribution in [3.8, 4) is 11.5 Å². The molecule has 0 radical (unpaired) electrons. The van der Waals surface area contributed by atoms with Gasteiger partial charge in [-0.3, -0.25) is 9.59 Å². The van der Waals surface area contributed by atoms with Crippen molar-refractivity contribution in [1.29, 1.82) is 0 Å². The Morgan fingerprint density at radius 2 is 1.64 bits per heavy atom. The molecule has 0 aliphatic carbocycles. The number of methoxy groups -OCH3 is 1. The number of hydrogen-bond donors (Lipinski definition) is 1. The molecule has 1 aliphatic rings. The number of aryl methyl sites for hydroxylation is 1. The van der Waals surface area contributed by atoms with Gasteiger partial charge in [0.15, 0.2) is 0 Å². The fourth-order valence-corrected chi connectivity index (χ4v) is 3.40. The summed E-state index contributed by atoms with van der Waals surface area (Å²) in [6.07, 6.45) is 1.20. The Hall–Kier alpha value is -3.02. The average Bonchev–Trinajstić information content (AvgIpc) is 2.73. The summed E-state index contributed by atoms with van der Waals surface area (Å²) in [5.41, 5.74) is 1.70. The van der Waals surface area contributed by atoms with Gasteiger partial charge in [0.2, 0.25) is 11.8 Å². The molecular weight excluding hydrogens is 356 g/mol. The topological polar surface area (TPSA) is 70.1 Å². The summed E-state index contributed by atoms with van der Waals surface area (Å²) in [5.74, 6) is 1.09. The molecule has 0 spiro atoms. The van der Waals surface area contributed by atoms with Crippen LogP contribution in [0.1, 0.15) is 17.5 Å². The van der Waals surface area contributed by atoms with Crippen molar-refractivity contribution in [3.05, 3.63) is 59.7 Å². The Morgan fingerprint density at radius 1 is 0.964 bits per heavy atom. The molecule has 1 N–H and O–H groups in total. The quantitative estimate of drug-likeness (QED) is 0.832. The van der Waals surface area contributed by atoms with Crippen LogP contribution in [-0.2, 0) is 22.4 Å². The van der Waals surface area contributed by atoms with Crippen LogP contribution in [0, 0.1) is 0 Å². The zero-order chi connectivity index (χ0) is 19.9. The summed E-state index contributed by atoms with van der Waals surface area (Å²) in [5, 5.41) is 9.81. The fraction of sp³-hybridized carbons (Fsp3) is 0.364. The Kier molecular flexibility index (Phi) is 6.53. The van der Waals surface area contributed by atoms with Crippen molar-refractivity contribution in [2.45, 2.75) is 19.3 Å². The number of hydrogen-bond acceptors (Lipinski definition) is 4. The Bertz CT molecular complexity index is 829. The Labute approximate surface area is 165 Å². The van der Waals surface area contributed by atoms with Crippen LogP contribution in [0.25, 0.3) is 0 Å². The molecule has 28 heavy (non-hydrogen) atoms. The Balaban J connectivity index is 1.46. The summed E-state index contributed by atoms with van der Waals surface area (Å²) < 4.78 is 5.20. The number of piperazine rings is 1. The standard InChI is InChI=1S/C22H26N2O4/c1-28-19-7-4-5-17(15-19)16-22(27)24-13-11-23(12-14-24)21(26)10-9-18-6-2-3-8-20(18)25/h2-8,15,25H,9-14,16H2,1H3. The van der Waals surface area contributed by atoms with Crippen LogP contribution in [0.4, 0.5) is 0 Å². The highest BCUT2D eigenvalue weighted by molar-refractivity contribution is 5.80. The molecular formula is C22H26N2O4. The summed E-state index contributed by atoms with van der Waals surface area (Å²) in [7, 11) is 1.61. The third-order valence-corrected chi connectivity index (χ3v) is 5.07. The molecule has 0 atom stereocenters. The van der Waals surface area contributed by atoms with E-state index in [0.29, 0.717) is 45.4 Å². The number of phenolic OH excluding ortho intramolecular Hbond substituents is 1.